The minimum absolute atomic E-state index is 0.0213. The van der Waals surface area contributed by atoms with Crippen LogP contribution < -0.4 is 10.4 Å². The summed E-state index contributed by atoms with van der Waals surface area (Å²) in [5.41, 5.74) is 1.01. The lowest BCUT2D eigenvalue weighted by molar-refractivity contribution is -0.665. The van der Waals surface area contributed by atoms with Crippen molar-refractivity contribution < 1.29 is 15.2 Å². The lowest BCUT2D eigenvalue weighted by Crippen LogP contribution is -2.85. The number of aliphatic carboxylic acids is 1. The fourth-order valence-electron chi connectivity index (χ4n) is 1.02. The molecule has 0 saturated carbocycles. The summed E-state index contributed by atoms with van der Waals surface area (Å²) < 4.78 is 0. The van der Waals surface area contributed by atoms with Gasteiger partial charge in [-0.1, -0.05) is 23.7 Å². The predicted molar refractivity (Wildman–Crippen MR) is 47.0 cm³/mol. The molecule has 1 aromatic carbocycles. The fourth-order valence-corrected chi connectivity index (χ4v) is 1.23. The minimum atomic E-state index is -1.05. The predicted octanol–water partition coefficient (Wildman–Crippen LogP) is -0.847. The second-order valence-electron chi connectivity index (χ2n) is 2.70. The number of rotatable bonds is 4. The van der Waals surface area contributed by atoms with E-state index in [1.165, 1.54) is 0 Å². The highest BCUT2D eigenvalue weighted by atomic mass is 35.5. The average molecular weight is 200 g/mol. The molecular formula is C9H10ClNO2. The van der Waals surface area contributed by atoms with Gasteiger partial charge in [0.05, 0.1) is 5.97 Å². The summed E-state index contributed by atoms with van der Waals surface area (Å²) in [6.07, 6.45) is 0. The Morgan fingerprint density at radius 3 is 2.92 bits per heavy atom. The molecule has 0 radical (unpaired) electrons. The average Bonchev–Trinajstić information content (AvgIpc) is 2.03. The summed E-state index contributed by atoms with van der Waals surface area (Å²) >= 11 is 5.74. The van der Waals surface area contributed by atoms with Gasteiger partial charge in [0.1, 0.15) is 13.1 Å². The van der Waals surface area contributed by atoms with Gasteiger partial charge in [-0.3, -0.25) is 0 Å². The number of carbonyl (C=O) groups is 1. The first-order chi connectivity index (χ1) is 6.18. The van der Waals surface area contributed by atoms with Crippen molar-refractivity contribution in [3.05, 3.63) is 34.9 Å². The number of carbonyl (C=O) groups excluding carboxylic acids is 1. The molecule has 13 heavy (non-hydrogen) atoms. The standard InChI is InChI=1S/C9H10ClNO2/c10-8-3-1-2-7(4-8)5-11-6-9(12)13/h1-4,11H,5-6H2,(H,12,13). The van der Waals surface area contributed by atoms with E-state index in [-0.39, 0.29) is 6.54 Å². The zero-order chi connectivity index (χ0) is 9.68. The van der Waals surface area contributed by atoms with E-state index in [1.807, 2.05) is 18.2 Å². The molecule has 0 amide bonds. The lowest BCUT2D eigenvalue weighted by atomic mass is 10.2. The fraction of sp³-hybridized carbons (Fsp3) is 0.222. The first kappa shape index (κ1) is 10.0. The van der Waals surface area contributed by atoms with Crippen LogP contribution in [-0.2, 0) is 11.3 Å². The van der Waals surface area contributed by atoms with Crippen LogP contribution in [0, 0.1) is 0 Å². The molecule has 4 heteroatoms. The third-order valence-corrected chi connectivity index (χ3v) is 1.82. The zero-order valence-electron chi connectivity index (χ0n) is 7.00. The van der Waals surface area contributed by atoms with E-state index < -0.39 is 5.97 Å². The maximum Gasteiger partial charge on any atom is 0.116 e. The van der Waals surface area contributed by atoms with Gasteiger partial charge in [0.2, 0.25) is 0 Å². The van der Waals surface area contributed by atoms with Crippen LogP contribution in [0.1, 0.15) is 5.56 Å². The van der Waals surface area contributed by atoms with Crippen LogP contribution in [0.25, 0.3) is 0 Å². The molecule has 2 N–H and O–H groups in total. The van der Waals surface area contributed by atoms with Gasteiger partial charge in [-0.15, -0.1) is 0 Å². The molecule has 0 saturated heterocycles. The van der Waals surface area contributed by atoms with Gasteiger partial charge in [-0.2, -0.15) is 0 Å². The third-order valence-electron chi connectivity index (χ3n) is 1.58. The number of carboxylic acids is 1. The van der Waals surface area contributed by atoms with Crippen molar-refractivity contribution in [2.45, 2.75) is 6.54 Å². The van der Waals surface area contributed by atoms with Crippen LogP contribution in [0.15, 0.2) is 24.3 Å². The van der Waals surface area contributed by atoms with Gasteiger partial charge in [-0.05, 0) is 12.1 Å². The number of halogens is 1. The molecule has 1 rings (SSSR count). The van der Waals surface area contributed by atoms with Crippen molar-refractivity contribution in [1.29, 1.82) is 0 Å². The highest BCUT2D eigenvalue weighted by Crippen LogP contribution is 2.09. The third kappa shape index (κ3) is 3.92. The van der Waals surface area contributed by atoms with E-state index in [4.69, 9.17) is 11.6 Å². The van der Waals surface area contributed by atoms with Crippen LogP contribution in [0.4, 0.5) is 0 Å². The molecule has 1 aromatic rings. The van der Waals surface area contributed by atoms with Crippen LogP contribution in [0.2, 0.25) is 5.02 Å². The van der Waals surface area contributed by atoms with E-state index in [0.717, 1.165) is 5.56 Å². The highest BCUT2D eigenvalue weighted by molar-refractivity contribution is 6.30. The van der Waals surface area contributed by atoms with Crippen molar-refractivity contribution in [3.8, 4) is 0 Å². The molecule has 0 aromatic heterocycles. The minimum Gasteiger partial charge on any atom is -0.544 e. The van der Waals surface area contributed by atoms with Gasteiger partial charge in [0.15, 0.2) is 0 Å². The summed E-state index contributed by atoms with van der Waals surface area (Å²) in [7, 11) is 0. The van der Waals surface area contributed by atoms with Crippen molar-refractivity contribution in [3.63, 3.8) is 0 Å². The lowest BCUT2D eigenvalue weighted by Gasteiger charge is -2.02. The van der Waals surface area contributed by atoms with Gasteiger partial charge < -0.3 is 15.2 Å². The maximum atomic E-state index is 10.1. The van der Waals surface area contributed by atoms with Crippen molar-refractivity contribution in [1.82, 2.24) is 0 Å². The second kappa shape index (κ2) is 4.84. The van der Waals surface area contributed by atoms with Gasteiger partial charge in [0, 0.05) is 10.6 Å². The SMILES string of the molecule is O=C([O-])C[NH2+]Cc1cccc(Cl)c1. The van der Waals surface area contributed by atoms with Crippen LogP contribution in [-0.4, -0.2) is 12.5 Å². The summed E-state index contributed by atoms with van der Waals surface area (Å²) in [6.45, 7) is 0.584. The number of benzene rings is 1. The molecule has 0 aliphatic heterocycles. The Labute approximate surface area is 81.3 Å². The largest absolute Gasteiger partial charge is 0.544 e. The highest BCUT2D eigenvalue weighted by Gasteiger charge is 1.96. The van der Waals surface area contributed by atoms with E-state index in [9.17, 15) is 9.90 Å². The molecule has 0 heterocycles. The second-order valence-corrected chi connectivity index (χ2v) is 3.14. The number of hydrogen-bond donors (Lipinski definition) is 1. The molecule has 0 aliphatic carbocycles. The van der Waals surface area contributed by atoms with Crippen molar-refractivity contribution in [2.24, 2.45) is 0 Å². The summed E-state index contributed by atoms with van der Waals surface area (Å²) in [6, 6.07) is 7.33. The molecule has 3 nitrogen and oxygen atoms in total. The van der Waals surface area contributed by atoms with Gasteiger partial charge in [0.25, 0.3) is 0 Å². The summed E-state index contributed by atoms with van der Waals surface area (Å²) in [5, 5.41) is 12.4. The molecule has 0 fully saturated rings. The Morgan fingerprint density at radius 2 is 2.31 bits per heavy atom. The van der Waals surface area contributed by atoms with Crippen LogP contribution in [0.3, 0.4) is 0 Å². The Kier molecular flexibility index (Phi) is 3.73. The number of nitrogens with two attached hydrogens (primary N) is 1. The van der Waals surface area contributed by atoms with Crippen LogP contribution >= 0.6 is 11.6 Å². The summed E-state index contributed by atoms with van der Waals surface area (Å²) in [4.78, 5) is 10.1. The van der Waals surface area contributed by atoms with Gasteiger partial charge >= 0.3 is 0 Å². The van der Waals surface area contributed by atoms with Crippen LogP contribution in [0.5, 0.6) is 0 Å². The van der Waals surface area contributed by atoms with Crippen molar-refractivity contribution >= 4 is 17.6 Å². The first-order valence-electron chi connectivity index (χ1n) is 3.94. The molecular weight excluding hydrogens is 190 g/mol. The smallest absolute Gasteiger partial charge is 0.116 e. The molecule has 0 aliphatic rings. The monoisotopic (exact) mass is 199 g/mol. The van der Waals surface area contributed by atoms with Crippen molar-refractivity contribution in [2.75, 3.05) is 6.54 Å². The van der Waals surface area contributed by atoms with E-state index in [1.54, 1.807) is 11.4 Å². The molecule has 0 atom stereocenters. The molecule has 0 spiro atoms. The number of carboxylic acid groups (broad SMARTS) is 1. The molecule has 70 valence electrons. The summed E-state index contributed by atoms with van der Waals surface area (Å²) in [5.74, 6) is -1.05. The van der Waals surface area contributed by atoms with Gasteiger partial charge in [-0.25, -0.2) is 0 Å². The topological polar surface area (TPSA) is 56.7 Å². The normalized spacial score (nSPS) is 9.92. The zero-order valence-corrected chi connectivity index (χ0v) is 7.75. The van der Waals surface area contributed by atoms with E-state index in [0.29, 0.717) is 11.6 Å². The number of quaternary nitrogens is 1. The quantitative estimate of drug-likeness (QED) is 0.687. The first-order valence-corrected chi connectivity index (χ1v) is 4.32. The number of hydrogen-bond acceptors (Lipinski definition) is 2. The molecule has 0 unspecified atom stereocenters. The Bertz CT molecular complexity index is 301. The Hall–Kier alpha value is -1.06. The Balaban J connectivity index is 2.41. The van der Waals surface area contributed by atoms with E-state index >= 15 is 0 Å². The maximum absolute atomic E-state index is 10.1. The molecule has 0 bridgehead atoms. The Morgan fingerprint density at radius 1 is 1.54 bits per heavy atom. The van der Waals surface area contributed by atoms with E-state index in [2.05, 4.69) is 0 Å².